The van der Waals surface area contributed by atoms with Gasteiger partial charge in [0.2, 0.25) is 0 Å². The summed E-state index contributed by atoms with van der Waals surface area (Å²) in [4.78, 5) is 6.04. The molecule has 2 fully saturated rings. The summed E-state index contributed by atoms with van der Waals surface area (Å²) < 4.78 is 0. The van der Waals surface area contributed by atoms with E-state index in [-0.39, 0.29) is 0 Å². The number of rotatable bonds is 5. The first-order valence-corrected chi connectivity index (χ1v) is 11.7. The van der Waals surface area contributed by atoms with Gasteiger partial charge in [-0.1, -0.05) is 36.6 Å². The van der Waals surface area contributed by atoms with Crippen LogP contribution in [0.2, 0.25) is 5.02 Å². The highest BCUT2D eigenvalue weighted by atomic mass is 35.5. The predicted octanol–water partition coefficient (Wildman–Crippen LogP) is 6.35. The van der Waals surface area contributed by atoms with Gasteiger partial charge in [0.25, 0.3) is 0 Å². The SMILES string of the molecule is CN1CCC(Nc2ccc(-c3cc4cc(Cl)cc(NC5CCCC5)c4[nH]3)cc2)CC1. The molecule has 3 N–H and O–H groups in total. The van der Waals surface area contributed by atoms with E-state index in [2.05, 4.69) is 64.0 Å². The highest BCUT2D eigenvalue weighted by Crippen LogP contribution is 2.34. The second-order valence-corrected chi connectivity index (χ2v) is 9.46. The van der Waals surface area contributed by atoms with Crippen molar-refractivity contribution in [3.63, 3.8) is 0 Å². The Morgan fingerprint density at radius 1 is 0.900 bits per heavy atom. The molecule has 0 unspecified atom stereocenters. The van der Waals surface area contributed by atoms with Crippen LogP contribution in [0, 0.1) is 0 Å². The summed E-state index contributed by atoms with van der Waals surface area (Å²) >= 11 is 6.42. The van der Waals surface area contributed by atoms with Gasteiger partial charge in [-0.3, -0.25) is 0 Å². The summed E-state index contributed by atoms with van der Waals surface area (Å²) in [5.74, 6) is 0. The molecule has 0 spiro atoms. The summed E-state index contributed by atoms with van der Waals surface area (Å²) in [6.07, 6.45) is 7.53. The Labute approximate surface area is 184 Å². The molecule has 0 bridgehead atoms. The Hall–Kier alpha value is -2.17. The number of nitrogens with one attached hydrogen (secondary N) is 3. The topological polar surface area (TPSA) is 43.1 Å². The normalized spacial score (nSPS) is 18.9. The van der Waals surface area contributed by atoms with Crippen molar-refractivity contribution >= 4 is 33.9 Å². The van der Waals surface area contributed by atoms with Gasteiger partial charge in [-0.2, -0.15) is 0 Å². The summed E-state index contributed by atoms with van der Waals surface area (Å²) in [6.45, 7) is 2.34. The zero-order valence-corrected chi connectivity index (χ0v) is 18.4. The zero-order chi connectivity index (χ0) is 20.5. The number of likely N-dealkylation sites (tertiary alicyclic amines) is 1. The predicted molar refractivity (Wildman–Crippen MR) is 129 cm³/mol. The summed E-state index contributed by atoms with van der Waals surface area (Å²) in [5.41, 5.74) is 5.80. The number of nitrogens with zero attached hydrogens (tertiary/aromatic N) is 1. The largest absolute Gasteiger partial charge is 0.382 e. The molecule has 2 aromatic carbocycles. The maximum absolute atomic E-state index is 6.42. The van der Waals surface area contributed by atoms with Crippen LogP contribution < -0.4 is 10.6 Å². The van der Waals surface area contributed by atoms with E-state index in [4.69, 9.17) is 11.6 Å². The van der Waals surface area contributed by atoms with Crippen LogP contribution in [0.3, 0.4) is 0 Å². The standard InChI is InChI=1S/C25H31ClN4/c1-30-12-10-22(11-13-30)27-21-8-6-17(7-9-21)23-15-18-14-19(26)16-24(25(18)29-23)28-20-4-2-3-5-20/h6-9,14-16,20,22,27-29H,2-5,10-13H2,1H3. The molecule has 3 aromatic rings. The molecule has 1 aromatic heterocycles. The molecule has 1 saturated carbocycles. The number of anilines is 2. The first-order chi connectivity index (χ1) is 14.6. The molecule has 1 aliphatic heterocycles. The maximum atomic E-state index is 6.42. The quantitative estimate of drug-likeness (QED) is 0.448. The van der Waals surface area contributed by atoms with E-state index in [1.54, 1.807) is 0 Å². The Morgan fingerprint density at radius 3 is 2.33 bits per heavy atom. The lowest BCUT2D eigenvalue weighted by molar-refractivity contribution is 0.264. The number of hydrogen-bond donors (Lipinski definition) is 3. The Bertz CT molecular complexity index is 996. The molecule has 5 rings (SSSR count). The van der Waals surface area contributed by atoms with Gasteiger partial charge in [0.05, 0.1) is 11.2 Å². The van der Waals surface area contributed by atoms with Crippen molar-refractivity contribution in [1.82, 2.24) is 9.88 Å². The highest BCUT2D eigenvalue weighted by molar-refractivity contribution is 6.32. The lowest BCUT2D eigenvalue weighted by Crippen LogP contribution is -2.36. The van der Waals surface area contributed by atoms with Crippen LogP contribution in [0.15, 0.2) is 42.5 Å². The van der Waals surface area contributed by atoms with Crippen LogP contribution in [0.5, 0.6) is 0 Å². The summed E-state index contributed by atoms with van der Waals surface area (Å²) in [7, 11) is 2.20. The van der Waals surface area contributed by atoms with Gasteiger partial charge in [0.15, 0.2) is 0 Å². The minimum Gasteiger partial charge on any atom is -0.382 e. The van der Waals surface area contributed by atoms with Gasteiger partial charge in [-0.15, -0.1) is 0 Å². The fourth-order valence-corrected chi connectivity index (χ4v) is 5.13. The molecule has 4 nitrogen and oxygen atoms in total. The second-order valence-electron chi connectivity index (χ2n) is 9.03. The van der Waals surface area contributed by atoms with Crippen LogP contribution >= 0.6 is 11.6 Å². The minimum absolute atomic E-state index is 0.559. The van der Waals surface area contributed by atoms with Crippen molar-refractivity contribution < 1.29 is 0 Å². The van der Waals surface area contributed by atoms with E-state index in [1.807, 2.05) is 6.07 Å². The number of hydrogen-bond acceptors (Lipinski definition) is 3. The molecule has 1 saturated heterocycles. The van der Waals surface area contributed by atoms with Gasteiger partial charge < -0.3 is 20.5 Å². The Morgan fingerprint density at radius 2 is 1.60 bits per heavy atom. The van der Waals surface area contributed by atoms with Crippen LogP contribution in [0.4, 0.5) is 11.4 Å². The Balaban J connectivity index is 1.35. The number of H-pyrrole nitrogens is 1. The zero-order valence-electron chi connectivity index (χ0n) is 17.7. The van der Waals surface area contributed by atoms with E-state index in [1.165, 1.54) is 62.9 Å². The first kappa shape index (κ1) is 19.8. The third-order valence-electron chi connectivity index (χ3n) is 6.69. The third kappa shape index (κ3) is 4.30. The fraction of sp³-hybridized carbons (Fsp3) is 0.440. The summed E-state index contributed by atoms with van der Waals surface area (Å²) in [5, 5.41) is 9.36. The molecule has 30 heavy (non-hydrogen) atoms. The highest BCUT2D eigenvalue weighted by Gasteiger charge is 2.18. The molecule has 0 amide bonds. The minimum atomic E-state index is 0.559. The smallest absolute Gasteiger partial charge is 0.0695 e. The first-order valence-electron chi connectivity index (χ1n) is 11.3. The summed E-state index contributed by atoms with van der Waals surface area (Å²) in [6, 6.07) is 16.2. The fourth-order valence-electron chi connectivity index (χ4n) is 4.90. The van der Waals surface area contributed by atoms with Crippen LogP contribution in [0.1, 0.15) is 38.5 Å². The number of piperidine rings is 1. The average Bonchev–Trinajstić information content (AvgIpc) is 3.40. The number of aromatic amines is 1. The van der Waals surface area contributed by atoms with Gasteiger partial charge in [0.1, 0.15) is 0 Å². The molecular formula is C25H31ClN4. The maximum Gasteiger partial charge on any atom is 0.0695 e. The van der Waals surface area contributed by atoms with E-state index in [9.17, 15) is 0 Å². The monoisotopic (exact) mass is 422 g/mol. The molecule has 1 aliphatic carbocycles. The Kier molecular flexibility index (Phi) is 5.62. The van der Waals surface area contributed by atoms with Crippen molar-refractivity contribution in [1.29, 1.82) is 0 Å². The van der Waals surface area contributed by atoms with Gasteiger partial charge in [-0.25, -0.2) is 0 Å². The van der Waals surface area contributed by atoms with E-state index in [0.717, 1.165) is 27.3 Å². The molecule has 0 radical (unpaired) electrons. The van der Waals surface area contributed by atoms with E-state index >= 15 is 0 Å². The van der Waals surface area contributed by atoms with Crippen LogP contribution in [-0.4, -0.2) is 42.1 Å². The molecular weight excluding hydrogens is 392 g/mol. The van der Waals surface area contributed by atoms with E-state index in [0.29, 0.717) is 12.1 Å². The third-order valence-corrected chi connectivity index (χ3v) is 6.91. The second kappa shape index (κ2) is 8.52. The van der Waals surface area contributed by atoms with Crippen molar-refractivity contribution in [3.8, 4) is 11.3 Å². The van der Waals surface area contributed by atoms with Crippen LogP contribution in [0.25, 0.3) is 22.2 Å². The molecule has 2 aliphatic rings. The average molecular weight is 423 g/mol. The molecule has 2 heterocycles. The van der Waals surface area contributed by atoms with Crippen LogP contribution in [-0.2, 0) is 0 Å². The van der Waals surface area contributed by atoms with Crippen molar-refractivity contribution in [2.75, 3.05) is 30.8 Å². The molecule has 158 valence electrons. The van der Waals surface area contributed by atoms with E-state index < -0.39 is 0 Å². The van der Waals surface area contributed by atoms with Crippen molar-refractivity contribution in [2.45, 2.75) is 50.6 Å². The van der Waals surface area contributed by atoms with Gasteiger partial charge in [-0.05, 0) is 81.7 Å². The lowest BCUT2D eigenvalue weighted by Gasteiger charge is -2.30. The number of aromatic nitrogens is 1. The lowest BCUT2D eigenvalue weighted by atomic mass is 10.0. The van der Waals surface area contributed by atoms with Gasteiger partial charge >= 0.3 is 0 Å². The number of halogens is 1. The molecule has 0 atom stereocenters. The van der Waals surface area contributed by atoms with Crippen molar-refractivity contribution in [2.24, 2.45) is 0 Å². The number of fused-ring (bicyclic) bond motifs is 1. The number of benzene rings is 2. The van der Waals surface area contributed by atoms with Gasteiger partial charge in [0, 0.05) is 33.9 Å². The van der Waals surface area contributed by atoms with Crippen molar-refractivity contribution in [3.05, 3.63) is 47.5 Å². The molecule has 5 heteroatoms.